The summed E-state index contributed by atoms with van der Waals surface area (Å²) in [5.41, 5.74) is 2.23. The van der Waals surface area contributed by atoms with Crippen LogP contribution in [-0.4, -0.2) is 161 Å². The van der Waals surface area contributed by atoms with Crippen LogP contribution in [0.4, 0.5) is 0 Å². The van der Waals surface area contributed by atoms with Gasteiger partial charge in [-0.25, -0.2) is 4.79 Å². The number of carbonyl (C=O) groups excluding carboxylic acids is 7. The van der Waals surface area contributed by atoms with Gasteiger partial charge in [0.2, 0.25) is 41.4 Å². The summed E-state index contributed by atoms with van der Waals surface area (Å²) in [4.78, 5) is 115. The van der Waals surface area contributed by atoms with Crippen molar-refractivity contribution >= 4 is 59.9 Å². The monoisotopic (exact) mass is 1070 g/mol. The normalized spacial score (nSPS) is 23.1. The molecule has 13 atom stereocenters. The molecule has 2 fully saturated rings. The minimum atomic E-state index is -1.14. The number of nitrogens with zero attached hydrogens (tertiary/aromatic N) is 4. The van der Waals surface area contributed by atoms with E-state index in [1.807, 2.05) is 55.4 Å². The van der Waals surface area contributed by atoms with Gasteiger partial charge in [0.05, 0.1) is 42.5 Å². The first-order chi connectivity index (χ1) is 35.1. The van der Waals surface area contributed by atoms with Crippen molar-refractivity contribution in [3.63, 3.8) is 0 Å². The van der Waals surface area contributed by atoms with Crippen LogP contribution in [0.3, 0.4) is 0 Å². The predicted molar refractivity (Wildman–Crippen MR) is 294 cm³/mol. The van der Waals surface area contributed by atoms with Crippen molar-refractivity contribution in [2.75, 3.05) is 41.4 Å². The van der Waals surface area contributed by atoms with Gasteiger partial charge in [-0.3, -0.25) is 38.5 Å². The number of likely N-dealkylation sites (tertiary alicyclic amines) is 2. The van der Waals surface area contributed by atoms with E-state index in [-0.39, 0.29) is 91.4 Å². The second-order valence-corrected chi connectivity index (χ2v) is 23.7. The number of nitrogens with one attached hydrogen (secondary N) is 2. The Bertz CT molecular complexity index is 2060. The van der Waals surface area contributed by atoms with Gasteiger partial charge >= 0.3 is 5.97 Å². The number of unbranched alkanes of at least 4 members (excludes halogenated alkanes) is 2. The maximum atomic E-state index is 14.7. The molecule has 75 heavy (non-hydrogen) atoms. The van der Waals surface area contributed by atoms with E-state index in [0.717, 1.165) is 12.0 Å². The Morgan fingerprint density at radius 1 is 0.880 bits per heavy atom. The number of hydrogen-bond donors (Lipinski definition) is 4. The Morgan fingerprint density at radius 2 is 1.52 bits per heavy atom. The van der Waals surface area contributed by atoms with E-state index in [1.165, 1.54) is 29.6 Å². The molecule has 0 saturated carbocycles. The summed E-state index contributed by atoms with van der Waals surface area (Å²) in [6, 6.07) is -4.07. The summed E-state index contributed by atoms with van der Waals surface area (Å²) in [6.45, 7) is 23.8. The lowest BCUT2D eigenvalue weighted by Gasteiger charge is -2.41. The van der Waals surface area contributed by atoms with Crippen LogP contribution in [0, 0.1) is 41.4 Å². The zero-order chi connectivity index (χ0) is 56.8. The maximum absolute atomic E-state index is 14.7. The lowest BCUT2D eigenvalue weighted by atomic mass is 9.80. The molecule has 3 rings (SSSR count). The van der Waals surface area contributed by atoms with E-state index in [1.54, 1.807) is 30.8 Å². The topological polar surface area (TPSA) is 212 Å². The van der Waals surface area contributed by atoms with Crippen molar-refractivity contribution in [1.82, 2.24) is 30.2 Å². The van der Waals surface area contributed by atoms with Crippen LogP contribution >= 0.6 is 12.6 Å². The Balaban J connectivity index is 1.70. The average molecular weight is 1070 g/mol. The van der Waals surface area contributed by atoms with Gasteiger partial charge in [0.25, 0.3) is 0 Å². The minimum Gasteiger partial charge on any atom is -0.480 e. The number of hydrogen-bond acceptors (Lipinski definition) is 11. The van der Waals surface area contributed by atoms with E-state index in [0.29, 0.717) is 51.5 Å². The molecule has 2 saturated heterocycles. The van der Waals surface area contributed by atoms with E-state index < -0.39 is 76.8 Å². The smallest absolute Gasteiger partial charge is 0.326 e. The quantitative estimate of drug-likeness (QED) is 0.0247. The van der Waals surface area contributed by atoms with Gasteiger partial charge in [-0.2, -0.15) is 12.6 Å². The van der Waals surface area contributed by atoms with Crippen molar-refractivity contribution in [2.24, 2.45) is 41.4 Å². The lowest BCUT2D eigenvalue weighted by Crippen LogP contribution is -2.60. The number of aliphatic carboxylic acids is 1. The molecule has 1 aliphatic carbocycles. The number of carboxylic acids is 1. The third kappa shape index (κ3) is 16.6. The van der Waals surface area contributed by atoms with E-state index >= 15 is 0 Å². The van der Waals surface area contributed by atoms with Gasteiger partial charge in [-0.15, -0.1) is 0 Å². The highest BCUT2D eigenvalue weighted by molar-refractivity contribution is 7.81. The number of imide groups is 1. The van der Waals surface area contributed by atoms with Crippen molar-refractivity contribution in [3.05, 3.63) is 23.3 Å². The molecule has 4 unspecified atom stereocenters. The van der Waals surface area contributed by atoms with Gasteiger partial charge < -0.3 is 39.9 Å². The minimum absolute atomic E-state index is 0.0719. The maximum Gasteiger partial charge on any atom is 0.326 e. The highest BCUT2D eigenvalue weighted by atomic mass is 32.1. The first-order valence-electron chi connectivity index (χ1n) is 27.8. The molecule has 0 aromatic carbocycles. The van der Waals surface area contributed by atoms with Gasteiger partial charge in [-0.05, 0) is 81.5 Å². The second-order valence-electron chi connectivity index (χ2n) is 22.7. The fraction of sp³-hybridized carbons (Fsp3) is 0.789. The van der Waals surface area contributed by atoms with Crippen molar-refractivity contribution in [1.29, 1.82) is 0 Å². The molecule has 0 radical (unpaired) electrons. The van der Waals surface area contributed by atoms with Crippen molar-refractivity contribution in [3.8, 4) is 0 Å². The predicted octanol–water partition coefficient (Wildman–Crippen LogP) is 7.07. The number of rotatable bonds is 30. The molecule has 0 aromatic rings. The number of likely N-dealkylation sites (N-methyl/N-ethyl adjacent to an activating group) is 2. The molecular formula is C57H96N6O11S. The molecule has 2 aliphatic heterocycles. The summed E-state index contributed by atoms with van der Waals surface area (Å²) in [7, 11) is 6.27. The van der Waals surface area contributed by atoms with Crippen LogP contribution in [0.1, 0.15) is 160 Å². The Labute approximate surface area is 454 Å². The molecule has 0 aromatic heterocycles. The molecule has 17 nitrogen and oxygen atoms in total. The van der Waals surface area contributed by atoms with E-state index in [4.69, 9.17) is 9.47 Å². The summed E-state index contributed by atoms with van der Waals surface area (Å²) >= 11 is 4.65. The van der Waals surface area contributed by atoms with Crippen molar-refractivity contribution < 1.29 is 52.9 Å². The Morgan fingerprint density at radius 3 is 2.07 bits per heavy atom. The molecule has 7 amide bonds. The van der Waals surface area contributed by atoms with Crippen LogP contribution in [0.25, 0.3) is 0 Å². The molecular weight excluding hydrogens is 977 g/mol. The van der Waals surface area contributed by atoms with Crippen LogP contribution in [0.15, 0.2) is 23.3 Å². The molecule has 18 heteroatoms. The van der Waals surface area contributed by atoms with Crippen LogP contribution in [0.5, 0.6) is 0 Å². The fourth-order valence-electron chi connectivity index (χ4n) is 11.6. The molecule has 3 N–H and O–H groups in total. The van der Waals surface area contributed by atoms with Gasteiger partial charge in [-0.1, -0.05) is 112 Å². The van der Waals surface area contributed by atoms with Crippen molar-refractivity contribution in [2.45, 2.75) is 207 Å². The molecule has 2 heterocycles. The van der Waals surface area contributed by atoms with Crippen LogP contribution < -0.4 is 10.6 Å². The molecule has 426 valence electrons. The molecule has 0 bridgehead atoms. The largest absolute Gasteiger partial charge is 0.480 e. The number of ether oxygens (including phenoxy) is 2. The van der Waals surface area contributed by atoms with Gasteiger partial charge in [0.15, 0.2) is 0 Å². The number of allylic oxidation sites excluding steroid dienone is 3. The standard InChI is InChI=1S/C57H96N6O11S/c1-17-36(9)50(44(73-15)32-47(66)62-27-23-24-43(62)51(74-16)38(11)52(67)58-42(56(71)72)30-40-29-35(8)28-39(18-2)37(40)10)61(14)55(70)48(33(4)5)59-53(68)49(34(6)7)60(13)45(64)25-21-20-22-26-63-46(65)31-41(54(63)69)57(12,75)19-3/h28-29,33-38,41-44,48-51,75H,17-27,30-32H2,1-16H3,(H,58,67)(H,59,68)(H,71,72)/t35?,36-,37?,38+,41?,42-,43-,44+,48-,49-,50-,51+,57?/m0/s1. The average Bonchev–Trinajstić information content (AvgIpc) is 3.96. The Kier molecular flexibility index (Phi) is 25.5. The fourth-order valence-corrected chi connectivity index (χ4v) is 11.8. The van der Waals surface area contributed by atoms with Gasteiger partial charge in [0.1, 0.15) is 18.1 Å². The van der Waals surface area contributed by atoms with E-state index in [9.17, 15) is 43.5 Å². The highest BCUT2D eigenvalue weighted by Crippen LogP contribution is 2.37. The SMILES string of the molecule is CCC1=CC(C)C=C(C[C@H](NC(=O)[C@H](C)[C@@H](OC)[C@@H]2CCCN2C(=O)C[C@@H](OC)[C@H]([C@@H](C)CC)N(C)C(=O)[C@@H](NC(=O)[C@H](C(C)C)N(C)C(=O)CCCCCN2C(=O)CC(C(C)(S)CC)C2=O)C(C)C)C(=O)O)C1C. The first kappa shape index (κ1) is 65.0. The number of methoxy groups -OCH3 is 2. The van der Waals surface area contributed by atoms with Gasteiger partial charge in [0, 0.05) is 59.0 Å². The number of carbonyl (C=O) groups is 8. The molecule has 3 aliphatic rings. The lowest BCUT2D eigenvalue weighted by molar-refractivity contribution is -0.149. The number of thiol groups is 1. The Hall–Kier alpha value is -4.29. The zero-order valence-electron chi connectivity index (χ0n) is 48.4. The van der Waals surface area contributed by atoms with Crippen LogP contribution in [0.2, 0.25) is 0 Å². The second kappa shape index (κ2) is 29.5. The summed E-state index contributed by atoms with van der Waals surface area (Å²) < 4.78 is 11.5. The third-order valence-corrected chi connectivity index (χ3v) is 17.3. The highest BCUT2D eigenvalue weighted by Gasteiger charge is 2.47. The number of amides is 7. The summed E-state index contributed by atoms with van der Waals surface area (Å²) in [5.74, 6) is -5.11. The summed E-state index contributed by atoms with van der Waals surface area (Å²) in [5, 5.41) is 16.0. The third-order valence-electron chi connectivity index (χ3n) is 16.7. The zero-order valence-corrected chi connectivity index (χ0v) is 49.3. The summed E-state index contributed by atoms with van der Waals surface area (Å²) in [6.07, 6.45) is 8.25. The first-order valence-corrected chi connectivity index (χ1v) is 28.3. The number of carboxylic acid groups (broad SMARTS) is 1. The van der Waals surface area contributed by atoms with E-state index in [2.05, 4.69) is 56.2 Å². The van der Waals surface area contributed by atoms with Crippen LogP contribution in [-0.2, 0) is 47.8 Å². The molecule has 0 spiro atoms.